The van der Waals surface area contributed by atoms with Crippen LogP contribution in [-0.4, -0.2) is 23.4 Å². The molecule has 3 aliphatic rings. The number of carbonyl (C=O) groups is 1. The molecule has 2 heterocycles. The maximum Gasteiger partial charge on any atom is 0.230 e. The van der Waals surface area contributed by atoms with Gasteiger partial charge in [-0.1, -0.05) is 5.57 Å². The van der Waals surface area contributed by atoms with Gasteiger partial charge in [-0.25, -0.2) is 0 Å². The second-order valence-electron chi connectivity index (χ2n) is 4.87. The molecule has 0 aromatic heterocycles. The molecule has 0 N–H and O–H groups in total. The highest BCUT2D eigenvalue weighted by atomic mass is 16.2. The lowest BCUT2D eigenvalue weighted by Crippen LogP contribution is -2.28. The summed E-state index contributed by atoms with van der Waals surface area (Å²) >= 11 is 0. The molecule has 1 aliphatic carbocycles. The fraction of sp³-hybridized carbons (Fsp3) is 0.750. The molecule has 0 radical (unpaired) electrons. The van der Waals surface area contributed by atoms with Crippen molar-refractivity contribution in [2.45, 2.75) is 45.1 Å². The van der Waals surface area contributed by atoms with E-state index in [0.717, 1.165) is 13.0 Å². The summed E-state index contributed by atoms with van der Waals surface area (Å²) in [4.78, 5) is 14.2. The van der Waals surface area contributed by atoms with Gasteiger partial charge in [-0.15, -0.1) is 0 Å². The van der Waals surface area contributed by atoms with Crippen molar-refractivity contribution >= 4 is 5.91 Å². The van der Waals surface area contributed by atoms with Crippen molar-refractivity contribution in [2.24, 2.45) is 5.92 Å². The molecule has 2 saturated heterocycles. The molecule has 2 fully saturated rings. The molecule has 2 heteroatoms. The van der Waals surface area contributed by atoms with Crippen LogP contribution >= 0.6 is 0 Å². The maximum atomic E-state index is 12.1. The van der Waals surface area contributed by atoms with E-state index in [2.05, 4.69) is 11.8 Å². The first kappa shape index (κ1) is 8.51. The van der Waals surface area contributed by atoms with Crippen molar-refractivity contribution in [2.75, 3.05) is 6.54 Å². The zero-order valence-electron chi connectivity index (χ0n) is 8.75. The summed E-state index contributed by atoms with van der Waals surface area (Å²) in [6.07, 6.45) is 5.98. The molecule has 2 nitrogen and oxygen atoms in total. The van der Waals surface area contributed by atoms with E-state index in [1.165, 1.54) is 36.8 Å². The minimum Gasteiger partial charge on any atom is -0.335 e. The zero-order valence-corrected chi connectivity index (χ0v) is 8.75. The maximum absolute atomic E-state index is 12.1. The standard InChI is InChI=1S/C12H17NO/c1-8-4-2-5-9-11(8)10-6-3-7-13(10)12(9)14/h9-10H,2-7H2,1H3. The number of carbonyl (C=O) groups excluding carboxylic acids is 1. The minimum absolute atomic E-state index is 0.286. The number of allylic oxidation sites excluding steroid dienone is 1. The normalized spacial score (nSPS) is 36.4. The molecular formula is C12H17NO. The van der Waals surface area contributed by atoms with Crippen LogP contribution < -0.4 is 0 Å². The van der Waals surface area contributed by atoms with E-state index >= 15 is 0 Å². The Morgan fingerprint density at radius 1 is 1.29 bits per heavy atom. The third-order valence-corrected chi connectivity index (χ3v) is 4.11. The van der Waals surface area contributed by atoms with Gasteiger partial charge in [0.1, 0.15) is 0 Å². The van der Waals surface area contributed by atoms with Gasteiger partial charge in [0, 0.05) is 6.54 Å². The number of hydrogen-bond acceptors (Lipinski definition) is 1. The molecule has 1 amide bonds. The summed E-state index contributed by atoms with van der Waals surface area (Å²) in [6, 6.07) is 0.507. The quantitative estimate of drug-likeness (QED) is 0.537. The summed E-state index contributed by atoms with van der Waals surface area (Å²) < 4.78 is 0. The van der Waals surface area contributed by atoms with Crippen LogP contribution in [0.2, 0.25) is 0 Å². The van der Waals surface area contributed by atoms with E-state index < -0.39 is 0 Å². The SMILES string of the molecule is CC1=C2C(CCC1)C(=O)N1CCCC21. The van der Waals surface area contributed by atoms with E-state index in [4.69, 9.17) is 0 Å². The van der Waals surface area contributed by atoms with E-state index in [1.54, 1.807) is 0 Å². The molecular weight excluding hydrogens is 174 g/mol. The second kappa shape index (κ2) is 2.85. The van der Waals surface area contributed by atoms with Gasteiger partial charge in [-0.2, -0.15) is 0 Å². The minimum atomic E-state index is 0.286. The highest BCUT2D eigenvalue weighted by Crippen LogP contribution is 2.44. The van der Waals surface area contributed by atoms with Crippen LogP contribution in [0.5, 0.6) is 0 Å². The Bertz CT molecular complexity index is 318. The van der Waals surface area contributed by atoms with Crippen molar-refractivity contribution in [3.63, 3.8) is 0 Å². The Kier molecular flexibility index (Phi) is 1.73. The van der Waals surface area contributed by atoms with Crippen LogP contribution in [0.4, 0.5) is 0 Å². The molecule has 2 atom stereocenters. The third kappa shape index (κ3) is 0.943. The van der Waals surface area contributed by atoms with Crippen molar-refractivity contribution in [1.82, 2.24) is 4.90 Å². The molecule has 2 unspecified atom stereocenters. The lowest BCUT2D eigenvalue weighted by Gasteiger charge is -2.21. The van der Waals surface area contributed by atoms with Crippen LogP contribution in [0.1, 0.15) is 39.0 Å². The predicted molar refractivity (Wildman–Crippen MR) is 54.8 cm³/mol. The van der Waals surface area contributed by atoms with Gasteiger partial charge in [0.05, 0.1) is 12.0 Å². The highest BCUT2D eigenvalue weighted by molar-refractivity contribution is 5.87. The summed E-state index contributed by atoms with van der Waals surface area (Å²) in [5.74, 6) is 0.718. The van der Waals surface area contributed by atoms with E-state index in [1.807, 2.05) is 0 Å². The van der Waals surface area contributed by atoms with Gasteiger partial charge < -0.3 is 4.90 Å². The number of fused-ring (bicyclic) bond motifs is 3. The molecule has 3 rings (SSSR count). The Hall–Kier alpha value is -0.790. The number of amides is 1. The van der Waals surface area contributed by atoms with Crippen molar-refractivity contribution in [1.29, 1.82) is 0 Å². The van der Waals surface area contributed by atoms with E-state index in [-0.39, 0.29) is 5.92 Å². The summed E-state index contributed by atoms with van der Waals surface area (Å²) in [5.41, 5.74) is 3.03. The van der Waals surface area contributed by atoms with Crippen molar-refractivity contribution in [3.05, 3.63) is 11.1 Å². The van der Waals surface area contributed by atoms with Gasteiger partial charge in [0.25, 0.3) is 0 Å². The van der Waals surface area contributed by atoms with E-state index in [9.17, 15) is 4.79 Å². The van der Waals surface area contributed by atoms with Crippen LogP contribution in [0.15, 0.2) is 11.1 Å². The van der Waals surface area contributed by atoms with Gasteiger partial charge in [-0.3, -0.25) is 4.79 Å². The third-order valence-electron chi connectivity index (χ3n) is 4.11. The Balaban J connectivity index is 2.06. The monoisotopic (exact) mass is 191 g/mol. The summed E-state index contributed by atoms with van der Waals surface area (Å²) in [6.45, 7) is 3.24. The lowest BCUT2D eigenvalue weighted by molar-refractivity contribution is -0.131. The molecule has 76 valence electrons. The first-order chi connectivity index (χ1) is 6.79. The fourth-order valence-electron chi connectivity index (χ4n) is 3.50. The smallest absolute Gasteiger partial charge is 0.230 e. The Morgan fingerprint density at radius 2 is 2.14 bits per heavy atom. The molecule has 0 saturated carbocycles. The average Bonchev–Trinajstić information content (AvgIpc) is 2.72. The molecule has 0 spiro atoms. The predicted octanol–water partition coefficient (Wildman–Crippen LogP) is 2.11. The molecule has 0 aromatic rings. The van der Waals surface area contributed by atoms with Crippen LogP contribution in [0, 0.1) is 5.92 Å². The summed E-state index contributed by atoms with van der Waals surface area (Å²) in [7, 11) is 0. The molecule has 0 bridgehead atoms. The first-order valence-electron chi connectivity index (χ1n) is 5.79. The largest absolute Gasteiger partial charge is 0.335 e. The average molecular weight is 191 g/mol. The van der Waals surface area contributed by atoms with Gasteiger partial charge >= 0.3 is 0 Å². The van der Waals surface area contributed by atoms with Crippen LogP contribution in [0.3, 0.4) is 0 Å². The van der Waals surface area contributed by atoms with Crippen LogP contribution in [0.25, 0.3) is 0 Å². The van der Waals surface area contributed by atoms with E-state index in [0.29, 0.717) is 11.9 Å². The molecule has 2 aliphatic heterocycles. The first-order valence-corrected chi connectivity index (χ1v) is 5.79. The number of nitrogens with zero attached hydrogens (tertiary/aromatic N) is 1. The Labute approximate surface area is 85.0 Å². The molecule has 14 heavy (non-hydrogen) atoms. The lowest BCUT2D eigenvalue weighted by atomic mass is 9.82. The zero-order chi connectivity index (χ0) is 9.71. The molecule has 0 aromatic carbocycles. The van der Waals surface area contributed by atoms with Gasteiger partial charge in [-0.05, 0) is 44.6 Å². The van der Waals surface area contributed by atoms with Crippen LogP contribution in [-0.2, 0) is 4.79 Å². The fourth-order valence-corrected chi connectivity index (χ4v) is 3.50. The summed E-state index contributed by atoms with van der Waals surface area (Å²) in [5, 5.41) is 0. The van der Waals surface area contributed by atoms with Gasteiger partial charge in [0.15, 0.2) is 0 Å². The van der Waals surface area contributed by atoms with Crippen molar-refractivity contribution in [3.8, 4) is 0 Å². The van der Waals surface area contributed by atoms with Gasteiger partial charge in [0.2, 0.25) is 5.91 Å². The number of rotatable bonds is 0. The van der Waals surface area contributed by atoms with Crippen molar-refractivity contribution < 1.29 is 4.79 Å². The second-order valence-corrected chi connectivity index (χ2v) is 4.87. The Morgan fingerprint density at radius 3 is 3.00 bits per heavy atom. The topological polar surface area (TPSA) is 20.3 Å². The highest BCUT2D eigenvalue weighted by Gasteiger charge is 2.47. The number of hydrogen-bond donors (Lipinski definition) is 0.